The van der Waals surface area contributed by atoms with Crippen LogP contribution in [0.3, 0.4) is 0 Å². The highest BCUT2D eigenvalue weighted by Crippen LogP contribution is 2.38. The number of rotatable bonds is 3. The summed E-state index contributed by atoms with van der Waals surface area (Å²) < 4.78 is 2.00. The summed E-state index contributed by atoms with van der Waals surface area (Å²) in [7, 11) is 0. The van der Waals surface area contributed by atoms with Crippen molar-refractivity contribution >= 4 is 51.3 Å². The molecular formula is C19H16Cl2N4O. The van der Waals surface area contributed by atoms with Crippen LogP contribution in [0.15, 0.2) is 48.2 Å². The van der Waals surface area contributed by atoms with Crippen LogP contribution in [0.4, 0.5) is 5.69 Å². The molecule has 0 unspecified atom stereocenters. The molecule has 1 aliphatic rings. The summed E-state index contributed by atoms with van der Waals surface area (Å²) in [6, 6.07) is 13.0. The quantitative estimate of drug-likeness (QED) is 0.655. The van der Waals surface area contributed by atoms with Gasteiger partial charge in [-0.3, -0.25) is 5.41 Å². The summed E-state index contributed by atoms with van der Waals surface area (Å²) >= 11 is 12.4. The highest BCUT2D eigenvalue weighted by Gasteiger charge is 2.33. The Morgan fingerprint density at radius 2 is 1.92 bits per heavy atom. The summed E-state index contributed by atoms with van der Waals surface area (Å²) in [6.45, 7) is 2.85. The van der Waals surface area contributed by atoms with Gasteiger partial charge in [-0.25, -0.2) is 4.98 Å². The Labute approximate surface area is 160 Å². The number of hydrogen-bond donors (Lipinski definition) is 2. The fourth-order valence-electron chi connectivity index (χ4n) is 3.31. The molecule has 132 valence electrons. The van der Waals surface area contributed by atoms with E-state index in [-0.39, 0.29) is 18.1 Å². The van der Waals surface area contributed by atoms with E-state index in [1.165, 1.54) is 0 Å². The number of aliphatic hydroxyl groups is 1. The van der Waals surface area contributed by atoms with Crippen LogP contribution in [-0.2, 0) is 6.54 Å². The van der Waals surface area contributed by atoms with Gasteiger partial charge in [-0.2, -0.15) is 0 Å². The summed E-state index contributed by atoms with van der Waals surface area (Å²) in [5.41, 5.74) is 2.80. The highest BCUT2D eigenvalue weighted by molar-refractivity contribution is 6.44. The van der Waals surface area contributed by atoms with Crippen LogP contribution in [0.5, 0.6) is 0 Å². The standard InChI is InChI=1S/C19H16Cl2N4O/c1-2-24-13-8-4-3-7-12(13)23-19(24)16-15(26)10-25(18(16)22)14-9-5-6-11(20)17(14)21/h3-9,22,26H,2,10H2,1H3. The maximum Gasteiger partial charge on any atom is 0.148 e. The normalized spacial score (nSPS) is 14.7. The number of anilines is 1. The Morgan fingerprint density at radius 3 is 2.69 bits per heavy atom. The molecule has 2 heterocycles. The molecule has 0 spiro atoms. The van der Waals surface area contributed by atoms with Crippen LogP contribution in [0.25, 0.3) is 16.6 Å². The van der Waals surface area contributed by atoms with Crippen molar-refractivity contribution in [2.45, 2.75) is 13.5 Å². The van der Waals surface area contributed by atoms with Crippen LogP contribution in [0.1, 0.15) is 12.7 Å². The first kappa shape index (κ1) is 16.9. The van der Waals surface area contributed by atoms with Crippen molar-refractivity contribution in [2.75, 3.05) is 11.4 Å². The topological polar surface area (TPSA) is 65.1 Å². The SMILES string of the molecule is CCn1c(C2=C(O)CN(c3cccc(Cl)c3Cl)C2=N)nc2ccccc21. The molecule has 1 aromatic heterocycles. The monoisotopic (exact) mass is 386 g/mol. The maximum absolute atomic E-state index is 10.6. The van der Waals surface area contributed by atoms with E-state index in [0.29, 0.717) is 33.7 Å². The second-order valence-corrected chi connectivity index (χ2v) is 6.78. The van der Waals surface area contributed by atoms with Gasteiger partial charge in [-0.05, 0) is 31.2 Å². The minimum Gasteiger partial charge on any atom is -0.509 e. The van der Waals surface area contributed by atoms with E-state index in [1.807, 2.05) is 35.8 Å². The molecule has 5 nitrogen and oxygen atoms in total. The number of aromatic nitrogens is 2. The van der Waals surface area contributed by atoms with Gasteiger partial charge in [0, 0.05) is 6.54 Å². The van der Waals surface area contributed by atoms with Crippen molar-refractivity contribution in [1.82, 2.24) is 9.55 Å². The van der Waals surface area contributed by atoms with Crippen LogP contribution < -0.4 is 4.90 Å². The largest absolute Gasteiger partial charge is 0.509 e. The molecule has 3 aromatic rings. The van der Waals surface area contributed by atoms with E-state index in [9.17, 15) is 5.11 Å². The summed E-state index contributed by atoms with van der Waals surface area (Å²) in [5, 5.41) is 20.0. The Balaban J connectivity index is 1.82. The first-order valence-corrected chi connectivity index (χ1v) is 8.96. The molecule has 26 heavy (non-hydrogen) atoms. The first-order chi connectivity index (χ1) is 12.5. The van der Waals surface area contributed by atoms with E-state index in [1.54, 1.807) is 23.1 Å². The van der Waals surface area contributed by atoms with Crippen molar-refractivity contribution in [2.24, 2.45) is 0 Å². The van der Waals surface area contributed by atoms with E-state index in [2.05, 4.69) is 4.98 Å². The molecule has 1 aliphatic heterocycles. The summed E-state index contributed by atoms with van der Waals surface area (Å²) in [5.74, 6) is 0.824. The van der Waals surface area contributed by atoms with Crippen LogP contribution in [0, 0.1) is 5.41 Å². The van der Waals surface area contributed by atoms with Gasteiger partial charge in [0.2, 0.25) is 0 Å². The molecule has 0 aliphatic carbocycles. The van der Waals surface area contributed by atoms with Crippen LogP contribution in [0.2, 0.25) is 10.0 Å². The van der Waals surface area contributed by atoms with Gasteiger partial charge in [0.1, 0.15) is 17.4 Å². The fraction of sp³-hybridized carbons (Fsp3) is 0.158. The van der Waals surface area contributed by atoms with Gasteiger partial charge in [0.05, 0.1) is 38.9 Å². The number of para-hydroxylation sites is 2. The Morgan fingerprint density at radius 1 is 1.15 bits per heavy atom. The van der Waals surface area contributed by atoms with Crippen LogP contribution in [-0.4, -0.2) is 27.0 Å². The molecule has 0 atom stereocenters. The molecule has 0 amide bonds. The van der Waals surface area contributed by atoms with Gasteiger partial charge >= 0.3 is 0 Å². The average Bonchev–Trinajstić information content (AvgIpc) is 3.13. The maximum atomic E-state index is 10.6. The summed E-state index contributed by atoms with van der Waals surface area (Å²) in [6.07, 6.45) is 0. The lowest BCUT2D eigenvalue weighted by molar-refractivity contribution is 0.411. The summed E-state index contributed by atoms with van der Waals surface area (Å²) in [4.78, 5) is 6.29. The molecule has 7 heteroatoms. The lowest BCUT2D eigenvalue weighted by atomic mass is 10.2. The van der Waals surface area contributed by atoms with Gasteiger partial charge in [-0.1, -0.05) is 41.4 Å². The lowest BCUT2D eigenvalue weighted by Crippen LogP contribution is -2.26. The number of nitrogens with zero attached hydrogens (tertiary/aromatic N) is 3. The molecule has 2 aromatic carbocycles. The van der Waals surface area contributed by atoms with Crippen molar-refractivity contribution in [3.05, 3.63) is 64.1 Å². The van der Waals surface area contributed by atoms with Crippen LogP contribution >= 0.6 is 23.2 Å². The van der Waals surface area contributed by atoms with Gasteiger partial charge in [-0.15, -0.1) is 0 Å². The van der Waals surface area contributed by atoms with Gasteiger partial charge in [0.15, 0.2) is 0 Å². The molecule has 0 fully saturated rings. The zero-order chi connectivity index (χ0) is 18.4. The molecule has 0 saturated carbocycles. The number of halogens is 2. The minimum absolute atomic E-state index is 0.0936. The smallest absolute Gasteiger partial charge is 0.148 e. The molecule has 0 bridgehead atoms. The van der Waals surface area contributed by atoms with E-state index < -0.39 is 0 Å². The zero-order valence-corrected chi connectivity index (χ0v) is 15.5. The molecule has 0 radical (unpaired) electrons. The number of aliphatic hydroxyl groups excluding tert-OH is 1. The molecular weight excluding hydrogens is 371 g/mol. The third-order valence-electron chi connectivity index (χ3n) is 4.52. The second-order valence-electron chi connectivity index (χ2n) is 6.00. The van der Waals surface area contributed by atoms with E-state index in [4.69, 9.17) is 28.6 Å². The van der Waals surface area contributed by atoms with Crippen molar-refractivity contribution < 1.29 is 5.11 Å². The molecule has 2 N–H and O–H groups in total. The number of fused-ring (bicyclic) bond motifs is 1. The lowest BCUT2D eigenvalue weighted by Gasteiger charge is -2.20. The number of hydrogen-bond acceptors (Lipinski definition) is 3. The third kappa shape index (κ3) is 2.47. The number of nitrogens with one attached hydrogen (secondary N) is 1. The van der Waals surface area contributed by atoms with E-state index in [0.717, 1.165) is 11.0 Å². The predicted molar refractivity (Wildman–Crippen MR) is 106 cm³/mol. The van der Waals surface area contributed by atoms with Crippen molar-refractivity contribution in [3.63, 3.8) is 0 Å². The fourth-order valence-corrected chi connectivity index (χ4v) is 3.70. The number of imidazole rings is 1. The zero-order valence-electron chi connectivity index (χ0n) is 14.0. The molecule has 0 saturated heterocycles. The third-order valence-corrected chi connectivity index (χ3v) is 5.33. The Bertz CT molecular complexity index is 1070. The first-order valence-electron chi connectivity index (χ1n) is 8.21. The predicted octanol–water partition coefficient (Wildman–Crippen LogP) is 5.13. The van der Waals surface area contributed by atoms with Crippen molar-refractivity contribution in [1.29, 1.82) is 5.41 Å². The minimum atomic E-state index is 0.0936. The van der Waals surface area contributed by atoms with Crippen molar-refractivity contribution in [3.8, 4) is 0 Å². The van der Waals surface area contributed by atoms with E-state index >= 15 is 0 Å². The number of benzene rings is 2. The molecule has 4 rings (SSSR count). The number of amidine groups is 1. The van der Waals surface area contributed by atoms with Gasteiger partial charge in [0.25, 0.3) is 0 Å². The Kier molecular flexibility index (Phi) is 4.13. The average molecular weight is 387 g/mol. The Hall–Kier alpha value is -2.50. The number of aryl methyl sites for hydroxylation is 1. The van der Waals surface area contributed by atoms with Gasteiger partial charge < -0.3 is 14.6 Å². The highest BCUT2D eigenvalue weighted by atomic mass is 35.5. The second kappa shape index (κ2) is 6.34.